The highest BCUT2D eigenvalue weighted by molar-refractivity contribution is 9.10. The highest BCUT2D eigenvalue weighted by Gasteiger charge is 2.44. The third kappa shape index (κ3) is 3.57. The molecule has 170 valence electrons. The molecule has 0 amide bonds. The van der Waals surface area contributed by atoms with E-state index in [1.165, 1.54) is 12.0 Å². The van der Waals surface area contributed by atoms with Crippen LogP contribution in [0.2, 0.25) is 0 Å². The lowest BCUT2D eigenvalue weighted by Crippen LogP contribution is -2.68. The van der Waals surface area contributed by atoms with Gasteiger partial charge >= 0.3 is 0 Å². The summed E-state index contributed by atoms with van der Waals surface area (Å²) in [6.07, 6.45) is 10.1. The van der Waals surface area contributed by atoms with Crippen LogP contribution < -0.4 is 9.64 Å². The summed E-state index contributed by atoms with van der Waals surface area (Å²) in [4.78, 5) is 18.6. The van der Waals surface area contributed by atoms with Gasteiger partial charge in [0, 0.05) is 60.2 Å². The van der Waals surface area contributed by atoms with Crippen molar-refractivity contribution >= 4 is 27.3 Å². The monoisotopic (exact) mass is 516 g/mol. The van der Waals surface area contributed by atoms with Crippen molar-refractivity contribution in [3.63, 3.8) is 0 Å². The molecule has 3 saturated heterocycles. The van der Waals surface area contributed by atoms with Crippen LogP contribution in [-0.2, 0) is 6.54 Å². The Labute approximate surface area is 204 Å². The zero-order valence-electron chi connectivity index (χ0n) is 18.5. The lowest BCUT2D eigenvalue weighted by Gasteiger charge is -2.56. The van der Waals surface area contributed by atoms with Crippen LogP contribution in [-0.4, -0.2) is 61.7 Å². The van der Waals surface area contributed by atoms with Gasteiger partial charge in [-0.05, 0) is 34.0 Å². The number of hydrogen-bond donors (Lipinski definition) is 0. The number of piperazine rings is 1. The minimum absolute atomic E-state index is 0.497. The fourth-order valence-electron chi connectivity index (χ4n) is 4.96. The first kappa shape index (κ1) is 21.0. The van der Waals surface area contributed by atoms with Gasteiger partial charge in [-0.2, -0.15) is 10.4 Å². The normalized spacial score (nSPS) is 19.6. The molecule has 2 atom stereocenters. The van der Waals surface area contributed by atoms with Gasteiger partial charge < -0.3 is 9.64 Å². The van der Waals surface area contributed by atoms with Crippen LogP contribution >= 0.6 is 15.9 Å². The highest BCUT2D eigenvalue weighted by Crippen LogP contribution is 2.36. The lowest BCUT2D eigenvalue weighted by molar-refractivity contribution is -0.00879. The zero-order chi connectivity index (χ0) is 23.2. The van der Waals surface area contributed by atoms with Gasteiger partial charge in [-0.15, -0.1) is 0 Å². The average molecular weight is 517 g/mol. The molecule has 2 unspecified atom stereocenters. The van der Waals surface area contributed by atoms with Crippen molar-refractivity contribution in [2.75, 3.05) is 25.1 Å². The molecule has 7 rings (SSSR count). The summed E-state index contributed by atoms with van der Waals surface area (Å²) in [5.74, 6) is 1.52. The molecule has 0 saturated carbocycles. The van der Waals surface area contributed by atoms with E-state index in [4.69, 9.17) is 14.7 Å². The number of nitrogens with zero attached hydrogens (tertiary/aromatic N) is 8. The maximum Gasteiger partial charge on any atom is 0.212 e. The number of aromatic nitrogens is 5. The summed E-state index contributed by atoms with van der Waals surface area (Å²) in [7, 11) is 1.63. The Morgan fingerprint density at radius 2 is 1.97 bits per heavy atom. The molecule has 0 aliphatic carbocycles. The van der Waals surface area contributed by atoms with Crippen molar-refractivity contribution < 1.29 is 4.74 Å². The molecule has 2 bridgehead atoms. The topological polar surface area (TPSA) is 95.5 Å². The fraction of sp³-hybridized carbons (Fsp3) is 0.292. The van der Waals surface area contributed by atoms with Crippen LogP contribution in [0, 0.1) is 11.3 Å². The highest BCUT2D eigenvalue weighted by atomic mass is 79.9. The first-order chi connectivity index (χ1) is 16.6. The number of piperidine rings is 1. The van der Waals surface area contributed by atoms with Gasteiger partial charge in [-0.1, -0.05) is 6.07 Å². The second kappa shape index (κ2) is 8.34. The van der Waals surface area contributed by atoms with Crippen molar-refractivity contribution in [1.82, 2.24) is 29.5 Å². The molecule has 4 aromatic rings. The average Bonchev–Trinajstić information content (AvgIpc) is 3.30. The Balaban J connectivity index is 1.18. The van der Waals surface area contributed by atoms with Crippen molar-refractivity contribution in [1.29, 1.82) is 5.26 Å². The van der Waals surface area contributed by atoms with Gasteiger partial charge in [0.2, 0.25) is 5.88 Å². The molecule has 0 radical (unpaired) electrons. The number of ether oxygens (including phenoxy) is 1. The molecule has 0 N–H and O–H groups in total. The van der Waals surface area contributed by atoms with Crippen molar-refractivity contribution in [3.8, 4) is 23.2 Å². The molecule has 34 heavy (non-hydrogen) atoms. The van der Waals surface area contributed by atoms with Crippen LogP contribution in [0.3, 0.4) is 0 Å². The molecule has 9 nitrogen and oxygen atoms in total. The Morgan fingerprint density at radius 3 is 2.65 bits per heavy atom. The number of halogens is 1. The van der Waals surface area contributed by atoms with E-state index in [1.54, 1.807) is 24.0 Å². The molecule has 10 heteroatoms. The summed E-state index contributed by atoms with van der Waals surface area (Å²) < 4.78 is 7.71. The zero-order valence-corrected chi connectivity index (χ0v) is 20.1. The Bertz CT molecular complexity index is 1380. The van der Waals surface area contributed by atoms with Crippen LogP contribution in [0.1, 0.15) is 17.5 Å². The molecular weight excluding hydrogens is 496 g/mol. The number of methoxy groups -OCH3 is 1. The summed E-state index contributed by atoms with van der Waals surface area (Å²) in [6.45, 7) is 2.75. The summed E-state index contributed by atoms with van der Waals surface area (Å²) in [6, 6.07) is 9.15. The Hall–Kier alpha value is -3.55. The van der Waals surface area contributed by atoms with E-state index >= 15 is 0 Å². The summed E-state index contributed by atoms with van der Waals surface area (Å²) in [5, 5.41) is 13.8. The van der Waals surface area contributed by atoms with E-state index in [1.807, 2.05) is 30.7 Å². The number of fused-ring (bicyclic) bond motifs is 3. The van der Waals surface area contributed by atoms with Crippen LogP contribution in [0.5, 0.6) is 5.88 Å². The molecule has 3 aliphatic rings. The van der Waals surface area contributed by atoms with Crippen molar-refractivity contribution in [3.05, 3.63) is 64.8 Å². The van der Waals surface area contributed by atoms with Gasteiger partial charge in [0.25, 0.3) is 0 Å². The number of rotatable bonds is 5. The third-order valence-electron chi connectivity index (χ3n) is 6.65. The molecule has 4 aromatic heterocycles. The molecular formula is C24H21BrN8O. The quantitative estimate of drug-likeness (QED) is 0.398. The predicted octanol–water partition coefficient (Wildman–Crippen LogP) is 3.29. The van der Waals surface area contributed by atoms with Crippen molar-refractivity contribution in [2.24, 2.45) is 0 Å². The van der Waals surface area contributed by atoms with E-state index in [0.717, 1.165) is 41.0 Å². The number of anilines is 1. The Kier molecular flexibility index (Phi) is 5.16. The molecule has 0 spiro atoms. The van der Waals surface area contributed by atoms with Gasteiger partial charge in [0.1, 0.15) is 11.9 Å². The van der Waals surface area contributed by atoms with Gasteiger partial charge in [-0.3, -0.25) is 9.88 Å². The molecule has 7 heterocycles. The second-order valence-electron chi connectivity index (χ2n) is 8.62. The number of hydrogen-bond acceptors (Lipinski definition) is 8. The van der Waals surface area contributed by atoms with E-state index in [-0.39, 0.29) is 0 Å². The van der Waals surface area contributed by atoms with Crippen LogP contribution in [0.25, 0.3) is 16.8 Å². The van der Waals surface area contributed by atoms with E-state index < -0.39 is 0 Å². The number of pyridine rings is 2. The van der Waals surface area contributed by atoms with Crippen LogP contribution in [0.15, 0.2) is 53.7 Å². The van der Waals surface area contributed by atoms with E-state index in [2.05, 4.69) is 47.9 Å². The van der Waals surface area contributed by atoms with Gasteiger partial charge in [0.05, 0.1) is 42.5 Å². The van der Waals surface area contributed by atoms with Gasteiger partial charge in [0.15, 0.2) is 0 Å². The van der Waals surface area contributed by atoms with E-state index in [0.29, 0.717) is 29.2 Å². The summed E-state index contributed by atoms with van der Waals surface area (Å²) >= 11 is 3.52. The molecule has 3 aliphatic heterocycles. The lowest BCUT2D eigenvalue weighted by atomic mass is 9.87. The fourth-order valence-corrected chi connectivity index (χ4v) is 5.38. The third-order valence-corrected chi connectivity index (χ3v) is 7.09. The smallest absolute Gasteiger partial charge is 0.212 e. The molecule has 0 aromatic carbocycles. The van der Waals surface area contributed by atoms with Gasteiger partial charge in [-0.25, -0.2) is 14.5 Å². The molecule has 3 fully saturated rings. The maximum atomic E-state index is 9.48. The minimum atomic E-state index is 0.497. The van der Waals surface area contributed by atoms with Crippen molar-refractivity contribution in [2.45, 2.75) is 25.0 Å². The second-order valence-corrected chi connectivity index (χ2v) is 9.54. The first-order valence-electron chi connectivity index (χ1n) is 11.0. The SMILES string of the molecule is COc1ccc(CN2C3CC2CN(c2cnc(-c4cc(Br)cn5ncc(C#N)c45)cn2)C3)cn1. The standard InChI is InChI=1S/C24H21BrN8O/c1-34-23-3-2-15(7-29-23)11-32-18-5-19(32)14-31(13-18)22-10-27-21(9-28-22)20-4-17(25)12-33-24(20)16(6-26)8-30-33/h2-4,7-10,12,18-19H,5,11,13-14H2,1H3. The minimum Gasteiger partial charge on any atom is -0.481 e. The van der Waals surface area contributed by atoms with E-state index in [9.17, 15) is 5.26 Å². The predicted molar refractivity (Wildman–Crippen MR) is 129 cm³/mol. The largest absolute Gasteiger partial charge is 0.481 e. The number of nitriles is 1. The Morgan fingerprint density at radius 1 is 1.12 bits per heavy atom. The summed E-state index contributed by atoms with van der Waals surface area (Å²) in [5.41, 5.74) is 3.98. The maximum absolute atomic E-state index is 9.48. The first-order valence-corrected chi connectivity index (χ1v) is 11.8. The van der Waals surface area contributed by atoms with Crippen LogP contribution in [0.4, 0.5) is 5.82 Å².